The molecule has 0 spiro atoms. The summed E-state index contributed by atoms with van der Waals surface area (Å²) in [5.74, 6) is 3.51. The largest absolute Gasteiger partial charge is 0.498 e. The third-order valence-corrected chi connectivity index (χ3v) is 5.04. The summed E-state index contributed by atoms with van der Waals surface area (Å²) in [6.07, 6.45) is 7.63. The maximum Gasteiger partial charge on any atom is 0.141 e. The van der Waals surface area contributed by atoms with Crippen molar-refractivity contribution in [3.63, 3.8) is 0 Å². The van der Waals surface area contributed by atoms with Crippen molar-refractivity contribution in [2.45, 2.75) is 32.6 Å². The molecule has 0 aliphatic carbocycles. The van der Waals surface area contributed by atoms with Gasteiger partial charge in [-0.2, -0.15) is 0 Å². The van der Waals surface area contributed by atoms with E-state index in [1.807, 2.05) is 24.3 Å². The number of thioether (sulfide) groups is 1. The lowest BCUT2D eigenvalue weighted by molar-refractivity contribution is 0.193. The maximum absolute atomic E-state index is 5.99. The van der Waals surface area contributed by atoms with Crippen molar-refractivity contribution < 1.29 is 14.2 Å². The van der Waals surface area contributed by atoms with Crippen molar-refractivity contribution in [3.05, 3.63) is 58.9 Å². The normalized spacial score (nSPS) is 14.8. The molecule has 1 aliphatic heterocycles. The second kappa shape index (κ2) is 10.9. The summed E-state index contributed by atoms with van der Waals surface area (Å²) in [7, 11) is 1.63. The van der Waals surface area contributed by atoms with Crippen LogP contribution in [0.15, 0.2) is 53.4 Å². The highest BCUT2D eigenvalue weighted by Gasteiger charge is 2.12. The average Bonchev–Trinajstić information content (AvgIpc) is 2.66. The molecule has 0 saturated heterocycles. The van der Waals surface area contributed by atoms with E-state index < -0.39 is 0 Å². The van der Waals surface area contributed by atoms with Gasteiger partial charge in [0.25, 0.3) is 0 Å². The Kier molecular flexibility index (Phi) is 8.48. The second-order valence-corrected chi connectivity index (χ2v) is 7.16. The van der Waals surface area contributed by atoms with Gasteiger partial charge in [0.2, 0.25) is 0 Å². The van der Waals surface area contributed by atoms with Crippen LogP contribution in [0.4, 0.5) is 5.69 Å². The van der Waals surface area contributed by atoms with Gasteiger partial charge in [-0.05, 0) is 37.0 Å². The van der Waals surface area contributed by atoms with Crippen LogP contribution in [0.5, 0.6) is 5.75 Å². The van der Waals surface area contributed by atoms with E-state index in [-0.39, 0.29) is 0 Å². The Morgan fingerprint density at radius 3 is 2.96 bits per heavy atom. The Morgan fingerprint density at radius 2 is 2.27 bits per heavy atom. The number of rotatable bonds is 10. The number of nitrogen functional groups attached to an aromatic ring is 1. The fourth-order valence-electron chi connectivity index (χ4n) is 2.69. The quantitative estimate of drug-likeness (QED) is 0.457. The first-order valence-electron chi connectivity index (χ1n) is 9.06. The van der Waals surface area contributed by atoms with Gasteiger partial charge in [0, 0.05) is 23.2 Å². The van der Waals surface area contributed by atoms with Gasteiger partial charge in [0.1, 0.15) is 11.5 Å². The molecule has 1 aliphatic rings. The van der Waals surface area contributed by atoms with Crippen molar-refractivity contribution >= 4 is 17.4 Å². The Balaban J connectivity index is 2.01. The molecule has 0 saturated carbocycles. The van der Waals surface area contributed by atoms with E-state index in [1.54, 1.807) is 18.9 Å². The molecule has 142 valence electrons. The number of anilines is 1. The van der Waals surface area contributed by atoms with Crippen molar-refractivity contribution in [2.24, 2.45) is 0 Å². The van der Waals surface area contributed by atoms with Crippen LogP contribution >= 0.6 is 11.8 Å². The third-order valence-electron chi connectivity index (χ3n) is 3.99. The molecule has 0 aromatic heterocycles. The van der Waals surface area contributed by atoms with Crippen molar-refractivity contribution in [2.75, 3.05) is 31.8 Å². The lowest BCUT2D eigenvalue weighted by Crippen LogP contribution is -2.06. The monoisotopic (exact) mass is 375 g/mol. The van der Waals surface area contributed by atoms with Gasteiger partial charge in [0.15, 0.2) is 0 Å². The molecule has 5 heteroatoms. The molecule has 2 N–H and O–H groups in total. The molecule has 0 unspecified atom stereocenters. The van der Waals surface area contributed by atoms with Gasteiger partial charge in [-0.25, -0.2) is 0 Å². The van der Waals surface area contributed by atoms with Crippen LogP contribution in [-0.4, -0.2) is 26.1 Å². The van der Waals surface area contributed by atoms with E-state index in [4.69, 9.17) is 19.9 Å². The van der Waals surface area contributed by atoms with E-state index in [0.29, 0.717) is 12.3 Å². The fourth-order valence-corrected chi connectivity index (χ4v) is 3.45. The van der Waals surface area contributed by atoms with Crippen LogP contribution in [0.2, 0.25) is 0 Å². The zero-order valence-electron chi connectivity index (χ0n) is 15.8. The molecule has 0 bridgehead atoms. The number of allylic oxidation sites excluding steroid dienone is 3. The van der Waals surface area contributed by atoms with Gasteiger partial charge in [-0.15, -0.1) is 11.8 Å². The van der Waals surface area contributed by atoms with Crippen LogP contribution in [-0.2, 0) is 15.9 Å². The Labute approximate surface area is 161 Å². The Hall–Kier alpha value is -2.01. The SMILES string of the molecule is C=CC1=C(/C=C(\CCCc2ccc(OC)c(N)c2)OCCC)OCCS1. The van der Waals surface area contributed by atoms with Gasteiger partial charge in [-0.1, -0.05) is 25.6 Å². The highest BCUT2D eigenvalue weighted by atomic mass is 32.2. The van der Waals surface area contributed by atoms with Crippen LogP contribution in [0.25, 0.3) is 0 Å². The van der Waals surface area contributed by atoms with Gasteiger partial charge < -0.3 is 19.9 Å². The minimum atomic E-state index is 0.677. The standard InChI is InChI=1S/C21H29NO3S/c1-4-11-24-17(15-20-21(5-2)26-13-12-25-20)8-6-7-16-9-10-19(23-3)18(22)14-16/h5,9-10,14-15H,2,4,6-8,11-13,22H2,1,3H3/b17-15+. The van der Waals surface area contributed by atoms with Gasteiger partial charge >= 0.3 is 0 Å². The van der Waals surface area contributed by atoms with E-state index in [9.17, 15) is 0 Å². The zero-order chi connectivity index (χ0) is 18.8. The summed E-state index contributed by atoms with van der Waals surface area (Å²) < 4.78 is 17.0. The minimum Gasteiger partial charge on any atom is -0.498 e. The molecular formula is C21H29NO3S. The number of hydrogen-bond acceptors (Lipinski definition) is 5. The number of aryl methyl sites for hydroxylation is 1. The maximum atomic E-state index is 5.99. The lowest BCUT2D eigenvalue weighted by Gasteiger charge is -2.18. The van der Waals surface area contributed by atoms with E-state index in [1.165, 1.54) is 5.56 Å². The van der Waals surface area contributed by atoms with Crippen molar-refractivity contribution in [3.8, 4) is 5.75 Å². The summed E-state index contributed by atoms with van der Waals surface area (Å²) in [4.78, 5) is 1.08. The van der Waals surface area contributed by atoms with Crippen molar-refractivity contribution in [1.29, 1.82) is 0 Å². The number of hydrogen-bond donors (Lipinski definition) is 1. The summed E-state index contributed by atoms with van der Waals surface area (Å²) in [5.41, 5.74) is 7.87. The highest BCUT2D eigenvalue weighted by Crippen LogP contribution is 2.29. The van der Waals surface area contributed by atoms with Crippen LogP contribution in [0.1, 0.15) is 31.7 Å². The van der Waals surface area contributed by atoms with Gasteiger partial charge in [0.05, 0.1) is 31.8 Å². The smallest absolute Gasteiger partial charge is 0.141 e. The summed E-state index contributed by atoms with van der Waals surface area (Å²) in [5, 5.41) is 0. The molecular weight excluding hydrogens is 346 g/mol. The molecule has 0 radical (unpaired) electrons. The molecule has 4 nitrogen and oxygen atoms in total. The summed E-state index contributed by atoms with van der Waals surface area (Å²) in [6.45, 7) is 7.42. The first kappa shape index (κ1) is 20.3. The van der Waals surface area contributed by atoms with Gasteiger partial charge in [-0.3, -0.25) is 0 Å². The molecule has 1 aromatic rings. The first-order chi connectivity index (χ1) is 12.7. The second-order valence-electron chi connectivity index (χ2n) is 6.02. The number of nitrogens with two attached hydrogens (primary N) is 1. The van der Waals surface area contributed by atoms with E-state index >= 15 is 0 Å². The lowest BCUT2D eigenvalue weighted by atomic mass is 10.1. The molecule has 0 amide bonds. The predicted octanol–water partition coefficient (Wildman–Crippen LogP) is 5.07. The molecule has 0 fully saturated rings. The van der Waals surface area contributed by atoms with Crippen LogP contribution < -0.4 is 10.5 Å². The van der Waals surface area contributed by atoms with Crippen molar-refractivity contribution in [1.82, 2.24) is 0 Å². The summed E-state index contributed by atoms with van der Waals surface area (Å²) in [6, 6.07) is 5.96. The number of ether oxygens (including phenoxy) is 3. The summed E-state index contributed by atoms with van der Waals surface area (Å²) >= 11 is 1.77. The Bertz CT molecular complexity index is 667. The van der Waals surface area contributed by atoms with Crippen LogP contribution in [0.3, 0.4) is 0 Å². The van der Waals surface area contributed by atoms with E-state index in [0.717, 1.165) is 60.2 Å². The minimum absolute atomic E-state index is 0.677. The molecule has 0 atom stereocenters. The Morgan fingerprint density at radius 1 is 1.42 bits per heavy atom. The average molecular weight is 376 g/mol. The van der Waals surface area contributed by atoms with E-state index in [2.05, 4.69) is 19.6 Å². The number of methoxy groups -OCH3 is 1. The molecule has 26 heavy (non-hydrogen) atoms. The van der Waals surface area contributed by atoms with Crippen LogP contribution in [0, 0.1) is 0 Å². The first-order valence-corrected chi connectivity index (χ1v) is 10.0. The highest BCUT2D eigenvalue weighted by molar-refractivity contribution is 8.03. The predicted molar refractivity (Wildman–Crippen MR) is 110 cm³/mol. The molecule has 2 rings (SSSR count). The fraction of sp³-hybridized carbons (Fsp3) is 0.429. The molecule has 1 aromatic carbocycles. The zero-order valence-corrected chi connectivity index (χ0v) is 16.6. The topological polar surface area (TPSA) is 53.7 Å². The molecule has 1 heterocycles. The number of benzene rings is 1. The third kappa shape index (κ3) is 6.06.